The monoisotopic (exact) mass is 384 g/mol. The summed E-state index contributed by atoms with van der Waals surface area (Å²) >= 11 is 1.96. The lowest BCUT2D eigenvalue weighted by molar-refractivity contribution is 0.347. The Morgan fingerprint density at radius 1 is 1.12 bits per heavy atom. The summed E-state index contributed by atoms with van der Waals surface area (Å²) in [5, 5.41) is 0. The van der Waals surface area contributed by atoms with E-state index in [9.17, 15) is 19.4 Å². The fraction of sp³-hybridized carbons (Fsp3) is 0.111. The van der Waals surface area contributed by atoms with E-state index in [0.29, 0.717) is 17.7 Å². The summed E-state index contributed by atoms with van der Waals surface area (Å²) in [6, 6.07) is 1.73. The van der Waals surface area contributed by atoms with Gasteiger partial charge >= 0.3 is 10.2 Å². The van der Waals surface area contributed by atoms with Crippen molar-refractivity contribution >= 4 is 38.9 Å². The molecule has 0 unspecified atom stereocenters. The second-order valence-electron chi connectivity index (χ2n) is 3.55. The van der Waals surface area contributed by atoms with Gasteiger partial charge in [0.05, 0.1) is 0 Å². The van der Waals surface area contributed by atoms with Crippen molar-refractivity contribution in [3.8, 4) is 5.75 Å². The van der Waals surface area contributed by atoms with Crippen molar-refractivity contribution in [1.29, 1.82) is 0 Å². The van der Waals surface area contributed by atoms with Gasteiger partial charge in [-0.05, 0) is 40.8 Å². The van der Waals surface area contributed by atoms with E-state index >= 15 is 0 Å². The van der Waals surface area contributed by atoms with Crippen molar-refractivity contribution in [2.45, 2.75) is 4.90 Å². The minimum absolute atomic E-state index is 0.0946. The first kappa shape index (κ1) is 12.9. The van der Waals surface area contributed by atoms with Crippen LogP contribution in [0.25, 0.3) is 6.08 Å². The Morgan fingerprint density at radius 2 is 1.76 bits per heavy atom. The molecule has 1 aromatic rings. The molecule has 8 heteroatoms. The molecule has 1 aromatic carbocycles. The molecule has 0 fully saturated rings. The van der Waals surface area contributed by atoms with Crippen molar-refractivity contribution in [3.63, 3.8) is 0 Å². The average molecular weight is 384 g/mol. The summed E-state index contributed by atoms with van der Waals surface area (Å²) in [6.45, 7) is 0.0946. The third-order valence-corrected chi connectivity index (χ3v) is 3.88. The smallest absolute Gasteiger partial charge is 0.310 e. The van der Waals surface area contributed by atoms with E-state index in [1.54, 1.807) is 6.08 Å². The van der Waals surface area contributed by atoms with E-state index in [1.807, 2.05) is 22.6 Å². The second kappa shape index (κ2) is 3.08. The van der Waals surface area contributed by atoms with Crippen LogP contribution in [-0.2, 0) is 0 Å². The number of hydrogen-bond donors (Lipinski definition) is 0. The molecule has 0 spiro atoms. The Morgan fingerprint density at radius 3 is 2.35 bits per heavy atom. The Labute approximate surface area is 108 Å². The second-order valence-corrected chi connectivity index (χ2v) is 7.34. The molecule has 1 aliphatic heterocycles. The highest BCUT2D eigenvalue weighted by atomic mass is 127. The molecule has 0 aliphatic carbocycles. The fourth-order valence-corrected chi connectivity index (χ4v) is 2.50. The number of hydrogen-bond acceptors (Lipinski definition) is 1. The van der Waals surface area contributed by atoms with Crippen LogP contribution in [0.15, 0.2) is 26.7 Å². The summed E-state index contributed by atoms with van der Waals surface area (Å²) in [5.41, 5.74) is 0.367. The lowest BCUT2D eigenvalue weighted by atomic mass is 10.1. The number of benzene rings is 1. The van der Waals surface area contributed by atoms with Gasteiger partial charge in [0, 0.05) is 15.2 Å². The average Bonchev–Trinajstić information content (AvgIpc) is 2.13. The zero-order chi connectivity index (χ0) is 13.0. The zero-order valence-corrected chi connectivity index (χ0v) is 11.1. The Hall–Kier alpha value is -0.510. The summed E-state index contributed by atoms with van der Waals surface area (Å²) in [4.78, 5) is -1.92. The minimum Gasteiger partial charge on any atom is -0.488 e. The summed E-state index contributed by atoms with van der Waals surface area (Å²) in [5.74, 6) is -0.170. The molecular weight excluding hydrogens is 378 g/mol. The number of halogens is 6. The van der Waals surface area contributed by atoms with Crippen molar-refractivity contribution in [3.05, 3.63) is 27.3 Å². The maximum absolute atomic E-state index is 12.5. The molecule has 0 aromatic heterocycles. The van der Waals surface area contributed by atoms with E-state index in [-0.39, 0.29) is 12.4 Å². The highest BCUT2D eigenvalue weighted by Crippen LogP contribution is 3.02. The Kier molecular flexibility index (Phi) is 2.34. The zero-order valence-electron chi connectivity index (χ0n) is 8.10. The number of ether oxygens (including phenoxy) is 1. The molecule has 1 heterocycles. The first-order valence-electron chi connectivity index (χ1n) is 4.33. The van der Waals surface area contributed by atoms with Gasteiger partial charge in [0.1, 0.15) is 17.3 Å². The molecular formula is C9H6F5IOS. The van der Waals surface area contributed by atoms with E-state index in [1.165, 1.54) is 0 Å². The van der Waals surface area contributed by atoms with Gasteiger partial charge in [-0.25, -0.2) is 0 Å². The maximum atomic E-state index is 12.5. The molecule has 2 rings (SSSR count). The summed E-state index contributed by atoms with van der Waals surface area (Å²) in [7, 11) is -9.62. The molecule has 0 radical (unpaired) electrons. The van der Waals surface area contributed by atoms with Gasteiger partial charge in [-0.3, -0.25) is 0 Å². The fourth-order valence-electron chi connectivity index (χ4n) is 1.36. The van der Waals surface area contributed by atoms with Gasteiger partial charge in [-0.1, -0.05) is 19.4 Å². The number of fused-ring (bicyclic) bond motifs is 1. The van der Waals surface area contributed by atoms with Crippen LogP contribution >= 0.6 is 32.8 Å². The van der Waals surface area contributed by atoms with E-state index < -0.39 is 15.1 Å². The standard InChI is InChI=1S/C9H6F5IOS/c10-17(11,12,13,14)8-2-1-6-3-7(15)5-16-9(6)4-8/h1-4H,5H2. The van der Waals surface area contributed by atoms with Crippen LogP contribution < -0.4 is 4.74 Å². The Balaban J connectivity index is 2.58. The van der Waals surface area contributed by atoms with E-state index in [2.05, 4.69) is 0 Å². The van der Waals surface area contributed by atoms with Crippen molar-refractivity contribution < 1.29 is 24.2 Å². The van der Waals surface area contributed by atoms with Gasteiger partial charge < -0.3 is 4.74 Å². The van der Waals surface area contributed by atoms with Crippen molar-refractivity contribution in [2.75, 3.05) is 6.61 Å². The molecule has 96 valence electrons. The van der Waals surface area contributed by atoms with Gasteiger partial charge in [0.2, 0.25) is 0 Å². The van der Waals surface area contributed by atoms with Gasteiger partial charge in [0.25, 0.3) is 0 Å². The highest BCUT2D eigenvalue weighted by Gasteiger charge is 2.65. The molecule has 0 amide bonds. The normalized spacial score (nSPS) is 19.5. The predicted octanol–water partition coefficient (Wildman–Crippen LogP) is 5.51. The third kappa shape index (κ3) is 2.84. The van der Waals surface area contributed by atoms with Crippen LogP contribution in [0.1, 0.15) is 5.56 Å². The van der Waals surface area contributed by atoms with Crippen molar-refractivity contribution in [2.24, 2.45) is 0 Å². The molecule has 0 saturated heterocycles. The van der Waals surface area contributed by atoms with Crippen LogP contribution in [-0.4, -0.2) is 6.61 Å². The maximum Gasteiger partial charge on any atom is 0.310 e. The first-order chi connectivity index (χ1) is 7.45. The topological polar surface area (TPSA) is 9.23 Å². The highest BCUT2D eigenvalue weighted by molar-refractivity contribution is 14.1. The molecule has 17 heavy (non-hydrogen) atoms. The van der Waals surface area contributed by atoms with Crippen molar-refractivity contribution in [1.82, 2.24) is 0 Å². The molecule has 0 bridgehead atoms. The van der Waals surface area contributed by atoms with Crippen LogP contribution in [0.2, 0.25) is 0 Å². The van der Waals surface area contributed by atoms with Crippen LogP contribution in [0.4, 0.5) is 19.4 Å². The molecule has 1 nitrogen and oxygen atoms in total. The Bertz CT molecular complexity index is 521. The van der Waals surface area contributed by atoms with Gasteiger partial charge in [-0.15, -0.1) is 0 Å². The molecule has 0 saturated carbocycles. The molecule has 1 aliphatic rings. The third-order valence-electron chi connectivity index (χ3n) is 2.11. The molecule has 0 atom stereocenters. The van der Waals surface area contributed by atoms with Gasteiger partial charge in [-0.2, -0.15) is 0 Å². The quantitative estimate of drug-likeness (QED) is 0.458. The van der Waals surface area contributed by atoms with Crippen LogP contribution in [0, 0.1) is 0 Å². The predicted molar refractivity (Wildman–Crippen MR) is 65.3 cm³/mol. The lowest BCUT2D eigenvalue weighted by Crippen LogP contribution is -2.09. The van der Waals surface area contributed by atoms with Crippen LogP contribution in [0.3, 0.4) is 0 Å². The van der Waals surface area contributed by atoms with Gasteiger partial charge in [0.15, 0.2) is 0 Å². The summed E-state index contributed by atoms with van der Waals surface area (Å²) in [6.07, 6.45) is 1.59. The molecule has 0 N–H and O–H groups in total. The number of rotatable bonds is 1. The largest absolute Gasteiger partial charge is 0.488 e. The SMILES string of the molecule is FS(F)(F)(F)(F)c1ccc2c(c1)OCC(I)=C2. The lowest BCUT2D eigenvalue weighted by Gasteiger charge is -2.40. The first-order valence-corrected chi connectivity index (χ1v) is 7.36. The van der Waals surface area contributed by atoms with E-state index in [0.717, 1.165) is 9.65 Å². The van der Waals surface area contributed by atoms with Crippen LogP contribution in [0.5, 0.6) is 5.75 Å². The minimum atomic E-state index is -9.62. The van der Waals surface area contributed by atoms with E-state index in [4.69, 9.17) is 4.74 Å². The summed E-state index contributed by atoms with van der Waals surface area (Å²) < 4.78 is 68.4.